The molecule has 0 bridgehead atoms. The molecular formula is C24H27F3N2O6S. The van der Waals surface area contributed by atoms with Gasteiger partial charge < -0.3 is 9.47 Å². The predicted molar refractivity (Wildman–Crippen MR) is 122 cm³/mol. The van der Waals surface area contributed by atoms with Crippen molar-refractivity contribution in [2.75, 3.05) is 13.2 Å². The van der Waals surface area contributed by atoms with Gasteiger partial charge in [-0.2, -0.15) is 17.5 Å². The van der Waals surface area contributed by atoms with Gasteiger partial charge in [-0.15, -0.1) is 0 Å². The number of carbonyl (C=O) groups is 1. The smallest absolute Gasteiger partial charge is 0.422 e. The minimum Gasteiger partial charge on any atom is -0.484 e. The van der Waals surface area contributed by atoms with E-state index in [9.17, 15) is 31.6 Å². The number of carbonyl (C=O) groups excluding carboxylic acids is 1. The Morgan fingerprint density at radius 2 is 1.56 bits per heavy atom. The van der Waals surface area contributed by atoms with Crippen LogP contribution in [0.1, 0.15) is 32.1 Å². The molecule has 12 heteroatoms. The van der Waals surface area contributed by atoms with E-state index < -0.39 is 34.8 Å². The van der Waals surface area contributed by atoms with Gasteiger partial charge in [0.05, 0.1) is 4.90 Å². The lowest BCUT2D eigenvalue weighted by atomic mass is 9.71. The van der Waals surface area contributed by atoms with Crippen molar-refractivity contribution in [1.82, 2.24) is 9.79 Å². The molecule has 8 nitrogen and oxygen atoms in total. The number of amides is 1. The molecule has 0 aromatic heterocycles. The van der Waals surface area contributed by atoms with Gasteiger partial charge in [0.2, 0.25) is 10.0 Å². The molecule has 196 valence electrons. The van der Waals surface area contributed by atoms with E-state index >= 15 is 0 Å². The fourth-order valence-electron chi connectivity index (χ4n) is 5.04. The molecule has 2 aromatic rings. The number of fused-ring (bicyclic) bond motifs is 1. The molecule has 2 aromatic carbocycles. The number of nitrogens with one attached hydrogen (secondary N) is 1. The summed E-state index contributed by atoms with van der Waals surface area (Å²) in [5, 5.41) is 9.30. The number of hydroxylamine groups is 1. The first-order valence-corrected chi connectivity index (χ1v) is 13.1. The molecule has 0 radical (unpaired) electrons. The Bertz CT molecular complexity index is 1160. The van der Waals surface area contributed by atoms with E-state index in [2.05, 4.69) is 4.74 Å². The second-order valence-corrected chi connectivity index (χ2v) is 10.9. The first-order chi connectivity index (χ1) is 17.1. The monoisotopic (exact) mass is 528 g/mol. The molecule has 2 aliphatic rings. The molecule has 0 spiro atoms. The highest BCUT2D eigenvalue weighted by molar-refractivity contribution is 7.89. The van der Waals surface area contributed by atoms with E-state index in [0.717, 1.165) is 25.7 Å². The Hall–Kier alpha value is -2.83. The highest BCUT2D eigenvalue weighted by Gasteiger charge is 2.47. The summed E-state index contributed by atoms with van der Waals surface area (Å²) in [6.45, 7) is -1.22. The summed E-state index contributed by atoms with van der Waals surface area (Å²) in [7, 11) is -4.03. The molecule has 3 atom stereocenters. The summed E-state index contributed by atoms with van der Waals surface area (Å²) in [4.78, 5) is 12.5. The van der Waals surface area contributed by atoms with Crippen LogP contribution in [0.15, 0.2) is 53.4 Å². The number of hydrogen-bond donors (Lipinski definition) is 2. The molecule has 1 amide bonds. The zero-order valence-electron chi connectivity index (χ0n) is 19.3. The van der Waals surface area contributed by atoms with Crippen molar-refractivity contribution >= 4 is 15.9 Å². The molecule has 1 saturated heterocycles. The van der Waals surface area contributed by atoms with Crippen LogP contribution in [0.4, 0.5) is 13.2 Å². The molecule has 1 heterocycles. The van der Waals surface area contributed by atoms with Crippen molar-refractivity contribution in [3.8, 4) is 17.2 Å². The van der Waals surface area contributed by atoms with E-state index in [-0.39, 0.29) is 29.0 Å². The van der Waals surface area contributed by atoms with Gasteiger partial charge in [-0.1, -0.05) is 19.3 Å². The first-order valence-electron chi connectivity index (χ1n) is 11.6. The summed E-state index contributed by atoms with van der Waals surface area (Å²) in [5.41, 5.74) is 1.65. The van der Waals surface area contributed by atoms with Crippen LogP contribution in [-0.2, 0) is 14.8 Å². The lowest BCUT2D eigenvalue weighted by Gasteiger charge is -2.45. The number of sulfonamides is 1. The summed E-state index contributed by atoms with van der Waals surface area (Å²) in [5.74, 6) is 0.0355. The maximum Gasteiger partial charge on any atom is 0.422 e. The number of alkyl halides is 3. The van der Waals surface area contributed by atoms with E-state index in [0.29, 0.717) is 17.9 Å². The fraction of sp³-hybridized carbons (Fsp3) is 0.458. The third-order valence-corrected chi connectivity index (χ3v) is 8.57. The topological polar surface area (TPSA) is 105 Å². The normalized spacial score (nSPS) is 22.9. The molecule has 36 heavy (non-hydrogen) atoms. The third kappa shape index (κ3) is 5.93. The second kappa shape index (κ2) is 10.7. The molecule has 4 rings (SSSR count). The van der Waals surface area contributed by atoms with Crippen LogP contribution in [-0.4, -0.2) is 49.2 Å². The Kier molecular flexibility index (Phi) is 7.76. The minimum atomic E-state index is -4.44. The zero-order valence-corrected chi connectivity index (χ0v) is 20.1. The maximum absolute atomic E-state index is 13.5. The number of piperidine rings is 1. The van der Waals surface area contributed by atoms with E-state index in [1.54, 1.807) is 5.48 Å². The Morgan fingerprint density at radius 1 is 0.972 bits per heavy atom. The van der Waals surface area contributed by atoms with Gasteiger partial charge in [-0.05, 0) is 73.2 Å². The number of halogens is 3. The third-order valence-electron chi connectivity index (χ3n) is 6.68. The standard InChI is InChI=1S/C24H27F3N2O6S/c25-24(26,27)15-34-17-5-7-18(8-6-17)35-19-9-11-20(12-10-19)36(32,33)29-14-13-16-3-1-2-4-21(16)22(29)23(30)28-31/h5-12,16,21-22,31H,1-4,13-15H2,(H,28,30). The highest BCUT2D eigenvalue weighted by Crippen LogP contribution is 2.42. The fourth-order valence-corrected chi connectivity index (χ4v) is 6.69. The molecule has 1 aliphatic heterocycles. The molecule has 1 aliphatic carbocycles. The van der Waals surface area contributed by atoms with Gasteiger partial charge >= 0.3 is 6.18 Å². The minimum absolute atomic E-state index is 0.0178. The number of hydrogen-bond acceptors (Lipinski definition) is 6. The van der Waals surface area contributed by atoms with Crippen LogP contribution in [0.5, 0.6) is 17.2 Å². The van der Waals surface area contributed by atoms with Crippen molar-refractivity contribution in [3.63, 3.8) is 0 Å². The van der Waals surface area contributed by atoms with Gasteiger partial charge in [0.1, 0.15) is 23.3 Å². The predicted octanol–water partition coefficient (Wildman–Crippen LogP) is 4.49. The molecule has 3 unspecified atom stereocenters. The molecule has 1 saturated carbocycles. The molecule has 2 fully saturated rings. The number of benzene rings is 2. The van der Waals surface area contributed by atoms with Crippen LogP contribution in [0.3, 0.4) is 0 Å². The maximum atomic E-state index is 13.5. The summed E-state index contributed by atoms with van der Waals surface area (Å²) in [6, 6.07) is 10.2. The van der Waals surface area contributed by atoms with Crippen LogP contribution in [0, 0.1) is 11.8 Å². The SMILES string of the molecule is O=C(NO)C1C2CCCCC2CCN1S(=O)(=O)c1ccc(Oc2ccc(OCC(F)(F)F)cc2)cc1. The van der Waals surface area contributed by atoms with Crippen molar-refractivity contribution in [2.45, 2.75) is 49.2 Å². The van der Waals surface area contributed by atoms with Crippen molar-refractivity contribution in [1.29, 1.82) is 0 Å². The van der Waals surface area contributed by atoms with Gasteiger partial charge in [0.25, 0.3) is 5.91 Å². The van der Waals surface area contributed by atoms with Crippen LogP contribution < -0.4 is 15.0 Å². The van der Waals surface area contributed by atoms with E-state index in [1.165, 1.54) is 52.8 Å². The van der Waals surface area contributed by atoms with Gasteiger partial charge in [-0.3, -0.25) is 10.0 Å². The quantitative estimate of drug-likeness (QED) is 0.405. The molecule has 2 N–H and O–H groups in total. The van der Waals surface area contributed by atoms with Crippen molar-refractivity contribution in [3.05, 3.63) is 48.5 Å². The van der Waals surface area contributed by atoms with Gasteiger partial charge in [0, 0.05) is 6.54 Å². The number of ether oxygens (including phenoxy) is 2. The summed E-state index contributed by atoms with van der Waals surface area (Å²) >= 11 is 0. The van der Waals surface area contributed by atoms with E-state index in [4.69, 9.17) is 4.74 Å². The Labute approximate surface area is 207 Å². The highest BCUT2D eigenvalue weighted by atomic mass is 32.2. The lowest BCUT2D eigenvalue weighted by Crippen LogP contribution is -2.58. The average molecular weight is 529 g/mol. The number of rotatable bonds is 7. The van der Waals surface area contributed by atoms with Crippen LogP contribution in [0.25, 0.3) is 0 Å². The average Bonchev–Trinajstić information content (AvgIpc) is 2.87. The van der Waals surface area contributed by atoms with Crippen LogP contribution in [0.2, 0.25) is 0 Å². The zero-order chi connectivity index (χ0) is 25.9. The number of nitrogens with zero attached hydrogens (tertiary/aromatic N) is 1. The summed E-state index contributed by atoms with van der Waals surface area (Å²) in [6.07, 6.45) is -0.164. The molecular weight excluding hydrogens is 501 g/mol. The largest absolute Gasteiger partial charge is 0.484 e. The Morgan fingerprint density at radius 3 is 2.17 bits per heavy atom. The van der Waals surface area contributed by atoms with Crippen molar-refractivity contribution < 1.29 is 41.1 Å². The lowest BCUT2D eigenvalue weighted by molar-refractivity contribution is -0.153. The van der Waals surface area contributed by atoms with Gasteiger partial charge in [-0.25, -0.2) is 13.9 Å². The van der Waals surface area contributed by atoms with E-state index in [1.807, 2.05) is 0 Å². The first kappa shape index (κ1) is 26.2. The van der Waals surface area contributed by atoms with Gasteiger partial charge in [0.15, 0.2) is 6.61 Å². The Balaban J connectivity index is 1.47. The second-order valence-electron chi connectivity index (χ2n) is 8.98. The van der Waals surface area contributed by atoms with Crippen molar-refractivity contribution in [2.24, 2.45) is 11.8 Å². The summed E-state index contributed by atoms with van der Waals surface area (Å²) < 4.78 is 75.2. The van der Waals surface area contributed by atoms with Crippen LogP contribution >= 0.6 is 0 Å².